The van der Waals surface area contributed by atoms with Crippen molar-refractivity contribution in [1.82, 2.24) is 9.80 Å². The number of nitrogens with one attached hydrogen (secondary N) is 1. The molecule has 1 atom stereocenters. The molecule has 0 bridgehead atoms. The van der Waals surface area contributed by atoms with Gasteiger partial charge in [0.25, 0.3) is 0 Å². The summed E-state index contributed by atoms with van der Waals surface area (Å²) in [5, 5.41) is 0. The molecule has 16 heavy (non-hydrogen) atoms. The summed E-state index contributed by atoms with van der Waals surface area (Å²) in [6, 6.07) is 0.479. The van der Waals surface area contributed by atoms with Gasteiger partial charge in [-0.1, -0.05) is 6.58 Å². The topological polar surface area (TPSA) is 47.4 Å². The van der Waals surface area contributed by atoms with E-state index in [4.69, 9.17) is 5.73 Å². The summed E-state index contributed by atoms with van der Waals surface area (Å²) in [6.07, 6.45) is 3.20. The first-order chi connectivity index (χ1) is 7.15. The van der Waals surface area contributed by atoms with Crippen LogP contribution < -0.4 is 51.4 Å². The maximum atomic E-state index is 10.6. The maximum absolute atomic E-state index is 10.6. The summed E-state index contributed by atoms with van der Waals surface area (Å²) in [6.45, 7) is 5.74. The summed E-state index contributed by atoms with van der Waals surface area (Å²) < 4.78 is 0. The Morgan fingerprint density at radius 2 is 2.12 bits per heavy atom. The van der Waals surface area contributed by atoms with Crippen molar-refractivity contribution in [3.05, 3.63) is 18.0 Å². The average molecular weight is 251 g/mol. The van der Waals surface area contributed by atoms with Gasteiger partial charge in [0.1, 0.15) is 0 Å². The van der Waals surface area contributed by atoms with Crippen LogP contribution in [-0.2, 0) is 4.79 Å². The Hall–Kier alpha value is 0.766. The van der Waals surface area contributed by atoms with E-state index in [0.29, 0.717) is 11.7 Å². The number of aldehydes is 1. The van der Waals surface area contributed by atoms with Crippen molar-refractivity contribution >= 4 is 6.29 Å². The van der Waals surface area contributed by atoms with Crippen molar-refractivity contribution in [2.45, 2.75) is 18.9 Å². The second kappa shape index (κ2) is 10.9. The Morgan fingerprint density at radius 3 is 2.56 bits per heavy atom. The molecule has 4 nitrogen and oxygen atoms in total. The molecule has 0 aromatic rings. The number of carbonyl (C=O) groups is 1. The zero-order valence-electron chi connectivity index (χ0n) is 11.0. The fourth-order valence-electron chi connectivity index (χ4n) is 1.89. The second-order valence-corrected chi connectivity index (χ2v) is 3.86. The van der Waals surface area contributed by atoms with E-state index >= 15 is 0 Å². The van der Waals surface area contributed by atoms with Gasteiger partial charge in [-0.2, -0.15) is 7.05 Å². The number of rotatable bonds is 4. The Bertz CT molecular complexity index is 209. The molecular formula is C11H22KN3O. The van der Waals surface area contributed by atoms with Gasteiger partial charge in [0.15, 0.2) is 6.29 Å². The molecule has 0 amide bonds. The van der Waals surface area contributed by atoms with E-state index in [2.05, 4.69) is 30.5 Å². The summed E-state index contributed by atoms with van der Waals surface area (Å²) in [4.78, 5) is 14.8. The normalized spacial score (nSPS) is 18.6. The van der Waals surface area contributed by atoms with Gasteiger partial charge < -0.3 is 15.5 Å². The molecule has 0 spiro atoms. The molecule has 1 saturated heterocycles. The standard InChI is InChI=1S/C10H18N2O.CH4N.K/c1-9(8-13)12-6-4-5-10(12)7-11(2)3;1-2;/h8,10H,1,4-7H2,2-3H3;2H,1H3;/q;-1;+1. The second-order valence-electron chi connectivity index (χ2n) is 3.86. The molecule has 0 aliphatic carbocycles. The van der Waals surface area contributed by atoms with Crippen molar-refractivity contribution in [3.8, 4) is 0 Å². The molecule has 5 heteroatoms. The molecule has 1 rings (SSSR count). The summed E-state index contributed by atoms with van der Waals surface area (Å²) in [5.74, 6) is 0. The number of likely N-dealkylation sites (N-methyl/N-ethyl adjacent to an activating group) is 1. The van der Waals surface area contributed by atoms with E-state index in [0.717, 1.165) is 19.4 Å². The van der Waals surface area contributed by atoms with Crippen molar-refractivity contribution in [3.63, 3.8) is 0 Å². The number of likely N-dealkylation sites (tertiary alicyclic amines) is 1. The fraction of sp³-hybridized carbons (Fsp3) is 0.727. The Labute approximate surface area is 142 Å². The third-order valence-electron chi connectivity index (χ3n) is 2.46. The van der Waals surface area contributed by atoms with Gasteiger partial charge in [0, 0.05) is 19.1 Å². The Morgan fingerprint density at radius 1 is 1.56 bits per heavy atom. The van der Waals surface area contributed by atoms with Gasteiger partial charge in [-0.15, -0.1) is 0 Å². The van der Waals surface area contributed by atoms with Crippen LogP contribution in [0.15, 0.2) is 12.3 Å². The number of allylic oxidation sites excluding steroid dienone is 1. The van der Waals surface area contributed by atoms with E-state index in [-0.39, 0.29) is 51.4 Å². The van der Waals surface area contributed by atoms with E-state index in [9.17, 15) is 4.79 Å². The van der Waals surface area contributed by atoms with Gasteiger partial charge in [0.2, 0.25) is 0 Å². The monoisotopic (exact) mass is 251 g/mol. The van der Waals surface area contributed by atoms with E-state index in [1.165, 1.54) is 19.9 Å². The molecule has 0 radical (unpaired) electrons. The predicted octanol–water partition coefficient (Wildman–Crippen LogP) is -1.60. The number of carbonyl (C=O) groups excluding carboxylic acids is 1. The fourth-order valence-corrected chi connectivity index (χ4v) is 1.89. The Kier molecular flexibility index (Phi) is 13.0. The maximum Gasteiger partial charge on any atom is 1.00 e. The van der Waals surface area contributed by atoms with Crippen LogP contribution in [0.3, 0.4) is 0 Å². The average Bonchev–Trinajstić information content (AvgIpc) is 2.67. The van der Waals surface area contributed by atoms with Crippen molar-refractivity contribution < 1.29 is 56.2 Å². The molecule has 1 heterocycles. The van der Waals surface area contributed by atoms with Crippen molar-refractivity contribution in [2.75, 3.05) is 34.2 Å². The Balaban J connectivity index is 0. The van der Waals surface area contributed by atoms with Crippen LogP contribution in [0, 0.1) is 0 Å². The third kappa shape index (κ3) is 6.49. The molecule has 1 unspecified atom stereocenters. The molecule has 0 aromatic heterocycles. The number of hydrogen-bond donors (Lipinski definition) is 0. The molecule has 0 aromatic carbocycles. The first-order valence-electron chi connectivity index (χ1n) is 5.20. The van der Waals surface area contributed by atoms with Gasteiger partial charge >= 0.3 is 51.4 Å². The first-order valence-corrected chi connectivity index (χ1v) is 5.20. The van der Waals surface area contributed by atoms with E-state index in [1.807, 2.05) is 0 Å². The summed E-state index contributed by atoms with van der Waals surface area (Å²) >= 11 is 0. The van der Waals surface area contributed by atoms with Gasteiger partial charge in [-0.3, -0.25) is 4.79 Å². The minimum Gasteiger partial charge on any atom is -0.680 e. The zero-order valence-corrected chi connectivity index (χ0v) is 14.1. The van der Waals surface area contributed by atoms with E-state index < -0.39 is 0 Å². The van der Waals surface area contributed by atoms with Crippen LogP contribution in [0.5, 0.6) is 0 Å². The van der Waals surface area contributed by atoms with Gasteiger partial charge in [-0.25, -0.2) is 0 Å². The zero-order chi connectivity index (χ0) is 11.8. The molecule has 1 fully saturated rings. The van der Waals surface area contributed by atoms with Gasteiger partial charge in [-0.05, 0) is 26.9 Å². The summed E-state index contributed by atoms with van der Waals surface area (Å²) in [5.41, 5.74) is 6.38. The predicted molar refractivity (Wildman–Crippen MR) is 63.7 cm³/mol. The van der Waals surface area contributed by atoms with Crippen LogP contribution in [0.1, 0.15) is 12.8 Å². The van der Waals surface area contributed by atoms with Crippen molar-refractivity contribution in [2.24, 2.45) is 0 Å². The minimum atomic E-state index is 0. The summed E-state index contributed by atoms with van der Waals surface area (Å²) in [7, 11) is 5.36. The molecule has 1 N–H and O–H groups in total. The molecular weight excluding hydrogens is 229 g/mol. The largest absolute Gasteiger partial charge is 1.00 e. The molecule has 1 aliphatic rings. The smallest absolute Gasteiger partial charge is 0.680 e. The van der Waals surface area contributed by atoms with Crippen LogP contribution in [0.4, 0.5) is 0 Å². The number of nitrogens with zero attached hydrogens (tertiary/aromatic N) is 2. The van der Waals surface area contributed by atoms with Crippen LogP contribution >= 0.6 is 0 Å². The number of hydrogen-bond acceptors (Lipinski definition) is 3. The van der Waals surface area contributed by atoms with Gasteiger partial charge in [0.05, 0.1) is 5.70 Å². The molecule has 1 aliphatic heterocycles. The molecule has 0 saturated carbocycles. The third-order valence-corrected chi connectivity index (χ3v) is 2.46. The molecule has 88 valence electrons. The van der Waals surface area contributed by atoms with Crippen LogP contribution in [0.25, 0.3) is 5.73 Å². The SMILES string of the molecule is C=C(C=O)N1CCCC1CN(C)C.C[NH-].[K+]. The van der Waals surface area contributed by atoms with Crippen molar-refractivity contribution in [1.29, 1.82) is 0 Å². The van der Waals surface area contributed by atoms with Crippen LogP contribution in [-0.4, -0.2) is 56.4 Å². The first kappa shape index (κ1) is 19.1. The quantitative estimate of drug-likeness (QED) is 0.343. The van der Waals surface area contributed by atoms with Crippen LogP contribution in [0.2, 0.25) is 0 Å². The minimum absolute atomic E-state index is 0. The van der Waals surface area contributed by atoms with E-state index in [1.54, 1.807) is 0 Å².